The third kappa shape index (κ3) is 1.38. The van der Waals surface area contributed by atoms with Gasteiger partial charge in [-0.15, -0.1) is 0 Å². The first-order chi connectivity index (χ1) is 6.64. The molecular weight excluding hydrogens is 180 g/mol. The number of piperidine rings is 1. The van der Waals surface area contributed by atoms with Gasteiger partial charge in [-0.3, -0.25) is 9.59 Å². The molecule has 0 radical (unpaired) electrons. The first kappa shape index (κ1) is 9.49. The number of carbonyl (C=O) groups excluding carboxylic acids is 2. The van der Waals surface area contributed by atoms with Crippen LogP contribution in [0.2, 0.25) is 0 Å². The van der Waals surface area contributed by atoms with Gasteiger partial charge >= 0.3 is 0 Å². The highest BCUT2D eigenvalue weighted by Crippen LogP contribution is 2.36. The van der Waals surface area contributed by atoms with E-state index in [4.69, 9.17) is 0 Å². The fourth-order valence-corrected chi connectivity index (χ4v) is 2.51. The number of rotatable bonds is 0. The SMILES string of the molecule is CC(=O)N1CCCC2(CCNC2=O)C1. The Labute approximate surface area is 83.6 Å². The average molecular weight is 196 g/mol. The highest BCUT2D eigenvalue weighted by atomic mass is 16.2. The van der Waals surface area contributed by atoms with Crippen molar-refractivity contribution in [2.75, 3.05) is 19.6 Å². The van der Waals surface area contributed by atoms with Gasteiger partial charge in [-0.05, 0) is 19.3 Å². The minimum Gasteiger partial charge on any atom is -0.356 e. The van der Waals surface area contributed by atoms with Crippen LogP contribution in [-0.4, -0.2) is 36.3 Å². The Bertz CT molecular complexity index is 277. The standard InChI is InChI=1S/C10H16N2O2/c1-8(13)12-6-2-3-10(7-12)4-5-11-9(10)14/h2-7H2,1H3,(H,11,14). The molecule has 0 bridgehead atoms. The fraction of sp³-hybridized carbons (Fsp3) is 0.800. The summed E-state index contributed by atoms with van der Waals surface area (Å²) in [7, 11) is 0. The topological polar surface area (TPSA) is 49.4 Å². The van der Waals surface area contributed by atoms with E-state index in [1.54, 1.807) is 11.8 Å². The Balaban J connectivity index is 2.13. The normalized spacial score (nSPS) is 32.1. The van der Waals surface area contributed by atoms with Gasteiger partial charge in [-0.25, -0.2) is 0 Å². The number of amides is 2. The van der Waals surface area contributed by atoms with Crippen LogP contribution in [0, 0.1) is 5.41 Å². The molecule has 2 heterocycles. The Morgan fingerprint density at radius 3 is 2.86 bits per heavy atom. The molecule has 2 aliphatic heterocycles. The summed E-state index contributed by atoms with van der Waals surface area (Å²) in [5, 5.41) is 2.86. The van der Waals surface area contributed by atoms with Crippen molar-refractivity contribution in [1.82, 2.24) is 10.2 Å². The molecule has 2 aliphatic rings. The van der Waals surface area contributed by atoms with Crippen molar-refractivity contribution < 1.29 is 9.59 Å². The summed E-state index contributed by atoms with van der Waals surface area (Å²) in [6.07, 6.45) is 2.77. The van der Waals surface area contributed by atoms with Crippen LogP contribution in [0.25, 0.3) is 0 Å². The molecular formula is C10H16N2O2. The van der Waals surface area contributed by atoms with Crippen LogP contribution in [0.3, 0.4) is 0 Å². The van der Waals surface area contributed by atoms with Gasteiger partial charge in [-0.1, -0.05) is 0 Å². The zero-order chi connectivity index (χ0) is 10.2. The van der Waals surface area contributed by atoms with Crippen molar-refractivity contribution in [3.8, 4) is 0 Å². The van der Waals surface area contributed by atoms with Crippen molar-refractivity contribution in [2.45, 2.75) is 26.2 Å². The van der Waals surface area contributed by atoms with Crippen molar-refractivity contribution in [3.63, 3.8) is 0 Å². The van der Waals surface area contributed by atoms with Crippen molar-refractivity contribution in [3.05, 3.63) is 0 Å². The third-order valence-corrected chi connectivity index (χ3v) is 3.39. The van der Waals surface area contributed by atoms with Gasteiger partial charge in [0.1, 0.15) is 0 Å². The molecule has 0 aliphatic carbocycles. The molecule has 0 aromatic carbocycles. The first-order valence-corrected chi connectivity index (χ1v) is 5.18. The molecule has 1 N–H and O–H groups in total. The third-order valence-electron chi connectivity index (χ3n) is 3.39. The van der Waals surface area contributed by atoms with Gasteiger partial charge in [-0.2, -0.15) is 0 Å². The molecule has 2 amide bonds. The lowest BCUT2D eigenvalue weighted by molar-refractivity contribution is -0.137. The molecule has 2 rings (SSSR count). The first-order valence-electron chi connectivity index (χ1n) is 5.18. The van der Waals surface area contributed by atoms with E-state index in [2.05, 4.69) is 5.32 Å². The van der Waals surface area contributed by atoms with Gasteiger partial charge in [0, 0.05) is 26.6 Å². The summed E-state index contributed by atoms with van der Waals surface area (Å²) in [6.45, 7) is 3.77. The van der Waals surface area contributed by atoms with Crippen LogP contribution in [0.1, 0.15) is 26.2 Å². The maximum absolute atomic E-state index is 11.7. The van der Waals surface area contributed by atoms with E-state index in [9.17, 15) is 9.59 Å². The number of hydrogen-bond acceptors (Lipinski definition) is 2. The zero-order valence-corrected chi connectivity index (χ0v) is 8.51. The summed E-state index contributed by atoms with van der Waals surface area (Å²) >= 11 is 0. The minimum atomic E-state index is -0.260. The molecule has 0 saturated carbocycles. The van der Waals surface area contributed by atoms with E-state index >= 15 is 0 Å². The maximum atomic E-state index is 11.7. The molecule has 0 aromatic heterocycles. The minimum absolute atomic E-state index is 0.0868. The van der Waals surface area contributed by atoms with Crippen LogP contribution >= 0.6 is 0 Å². The number of nitrogens with zero attached hydrogens (tertiary/aromatic N) is 1. The second-order valence-electron chi connectivity index (χ2n) is 4.33. The number of hydrogen-bond donors (Lipinski definition) is 1. The van der Waals surface area contributed by atoms with Crippen molar-refractivity contribution in [2.24, 2.45) is 5.41 Å². The smallest absolute Gasteiger partial charge is 0.228 e. The van der Waals surface area contributed by atoms with Gasteiger partial charge in [0.2, 0.25) is 11.8 Å². The molecule has 4 heteroatoms. The van der Waals surface area contributed by atoms with Crippen molar-refractivity contribution in [1.29, 1.82) is 0 Å². The summed E-state index contributed by atoms with van der Waals surface area (Å²) in [5.74, 6) is 0.229. The molecule has 1 spiro atoms. The lowest BCUT2D eigenvalue weighted by atomic mass is 9.78. The van der Waals surface area contributed by atoms with Crippen LogP contribution in [0.5, 0.6) is 0 Å². The number of nitrogens with one attached hydrogen (secondary N) is 1. The van der Waals surface area contributed by atoms with Crippen LogP contribution in [-0.2, 0) is 9.59 Å². The summed E-state index contributed by atoms with van der Waals surface area (Å²) in [5.41, 5.74) is -0.260. The van der Waals surface area contributed by atoms with Gasteiger partial charge in [0.25, 0.3) is 0 Å². The van der Waals surface area contributed by atoms with Gasteiger partial charge in [0.15, 0.2) is 0 Å². The average Bonchev–Trinajstić information content (AvgIpc) is 2.48. The zero-order valence-electron chi connectivity index (χ0n) is 8.51. The molecule has 14 heavy (non-hydrogen) atoms. The Morgan fingerprint density at radius 1 is 1.50 bits per heavy atom. The Hall–Kier alpha value is -1.06. The van der Waals surface area contributed by atoms with Gasteiger partial charge in [0.05, 0.1) is 5.41 Å². The summed E-state index contributed by atoms with van der Waals surface area (Å²) in [6, 6.07) is 0. The molecule has 1 unspecified atom stereocenters. The molecule has 1 atom stereocenters. The molecule has 4 nitrogen and oxygen atoms in total. The lowest BCUT2D eigenvalue weighted by Crippen LogP contribution is -2.48. The monoisotopic (exact) mass is 196 g/mol. The van der Waals surface area contributed by atoms with E-state index in [1.807, 2.05) is 0 Å². The van der Waals surface area contributed by atoms with E-state index in [0.29, 0.717) is 6.54 Å². The largest absolute Gasteiger partial charge is 0.356 e. The van der Waals surface area contributed by atoms with E-state index in [0.717, 1.165) is 32.4 Å². The highest BCUT2D eigenvalue weighted by molar-refractivity contribution is 5.86. The lowest BCUT2D eigenvalue weighted by Gasteiger charge is -2.37. The highest BCUT2D eigenvalue weighted by Gasteiger charge is 2.45. The van der Waals surface area contributed by atoms with E-state index in [-0.39, 0.29) is 17.2 Å². The predicted molar refractivity (Wildman–Crippen MR) is 51.5 cm³/mol. The second kappa shape index (κ2) is 3.26. The van der Waals surface area contributed by atoms with Crippen LogP contribution in [0.4, 0.5) is 0 Å². The number of likely N-dealkylation sites (tertiary alicyclic amines) is 1. The molecule has 2 saturated heterocycles. The molecule has 2 fully saturated rings. The maximum Gasteiger partial charge on any atom is 0.228 e. The molecule has 0 aromatic rings. The van der Waals surface area contributed by atoms with Crippen LogP contribution < -0.4 is 5.32 Å². The second-order valence-corrected chi connectivity index (χ2v) is 4.33. The number of carbonyl (C=O) groups is 2. The predicted octanol–water partition coefficient (Wildman–Crippen LogP) is 0.135. The van der Waals surface area contributed by atoms with Gasteiger partial charge < -0.3 is 10.2 Å². The summed E-state index contributed by atoms with van der Waals surface area (Å²) < 4.78 is 0. The van der Waals surface area contributed by atoms with E-state index in [1.165, 1.54) is 0 Å². The molecule has 78 valence electrons. The van der Waals surface area contributed by atoms with Crippen LogP contribution in [0.15, 0.2) is 0 Å². The van der Waals surface area contributed by atoms with Crippen molar-refractivity contribution >= 4 is 11.8 Å². The Kier molecular flexibility index (Phi) is 2.21. The fourth-order valence-electron chi connectivity index (χ4n) is 2.51. The summed E-state index contributed by atoms with van der Waals surface area (Å²) in [4.78, 5) is 24.7. The quantitative estimate of drug-likeness (QED) is 0.599. The van der Waals surface area contributed by atoms with E-state index < -0.39 is 0 Å². The Morgan fingerprint density at radius 2 is 2.29 bits per heavy atom.